The summed E-state index contributed by atoms with van der Waals surface area (Å²) in [5.74, 6) is -0.0512. The summed E-state index contributed by atoms with van der Waals surface area (Å²) < 4.78 is 6.78. The molecule has 1 aromatic carbocycles. The van der Waals surface area contributed by atoms with Gasteiger partial charge in [0.25, 0.3) is 0 Å². The van der Waals surface area contributed by atoms with Gasteiger partial charge in [-0.1, -0.05) is 0 Å². The molecular formula is C13H16N6O2. The van der Waals surface area contributed by atoms with E-state index in [1.165, 1.54) is 6.33 Å². The number of nitrogens with zero attached hydrogens (tertiary/aromatic N) is 4. The third-order valence-electron chi connectivity index (χ3n) is 3.49. The van der Waals surface area contributed by atoms with Crippen LogP contribution in [0.1, 0.15) is 6.42 Å². The van der Waals surface area contributed by atoms with Crippen LogP contribution in [0.2, 0.25) is 0 Å². The minimum absolute atomic E-state index is 0.0512. The molecule has 2 N–H and O–H groups in total. The van der Waals surface area contributed by atoms with Crippen molar-refractivity contribution in [1.82, 2.24) is 25.5 Å². The van der Waals surface area contributed by atoms with Crippen LogP contribution in [-0.4, -0.2) is 51.9 Å². The van der Waals surface area contributed by atoms with Crippen molar-refractivity contribution in [3.63, 3.8) is 0 Å². The summed E-state index contributed by atoms with van der Waals surface area (Å²) in [7, 11) is 1.66. The van der Waals surface area contributed by atoms with Crippen LogP contribution in [0.25, 0.3) is 5.69 Å². The molecule has 0 saturated carbocycles. The summed E-state index contributed by atoms with van der Waals surface area (Å²) in [6, 6.07) is 7.10. The molecule has 1 aromatic heterocycles. The summed E-state index contributed by atoms with van der Waals surface area (Å²) in [4.78, 5) is 12.1. The van der Waals surface area contributed by atoms with Gasteiger partial charge in [-0.05, 0) is 41.1 Å². The zero-order chi connectivity index (χ0) is 14.7. The molecule has 0 radical (unpaired) electrons. The van der Waals surface area contributed by atoms with Crippen LogP contribution in [0.5, 0.6) is 0 Å². The predicted molar refractivity (Wildman–Crippen MR) is 75.0 cm³/mol. The topological polar surface area (TPSA) is 94.0 Å². The lowest BCUT2D eigenvalue weighted by Gasteiger charge is -2.11. The molecule has 8 heteroatoms. The van der Waals surface area contributed by atoms with E-state index >= 15 is 0 Å². The van der Waals surface area contributed by atoms with Gasteiger partial charge in [-0.2, -0.15) is 0 Å². The molecule has 3 rings (SSSR count). The fraction of sp³-hybridized carbons (Fsp3) is 0.385. The molecule has 8 nitrogen and oxygen atoms in total. The average molecular weight is 288 g/mol. The van der Waals surface area contributed by atoms with Crippen molar-refractivity contribution in [2.45, 2.75) is 18.6 Å². The fourth-order valence-electron chi connectivity index (χ4n) is 2.29. The lowest BCUT2D eigenvalue weighted by atomic mass is 10.2. The summed E-state index contributed by atoms with van der Waals surface area (Å²) in [6.07, 6.45) is 2.30. The molecular weight excluding hydrogens is 272 g/mol. The third-order valence-corrected chi connectivity index (χ3v) is 3.49. The summed E-state index contributed by atoms with van der Waals surface area (Å²) in [6.45, 7) is 0.701. The lowest BCUT2D eigenvalue weighted by Crippen LogP contribution is -2.35. The van der Waals surface area contributed by atoms with Gasteiger partial charge in [-0.15, -0.1) is 5.10 Å². The number of anilines is 1. The Morgan fingerprint density at radius 3 is 2.86 bits per heavy atom. The molecule has 1 amide bonds. The highest BCUT2D eigenvalue weighted by molar-refractivity contribution is 5.95. The van der Waals surface area contributed by atoms with Gasteiger partial charge in [0.05, 0.1) is 17.8 Å². The number of carbonyl (C=O) groups excluding carboxylic acids is 1. The molecule has 0 bridgehead atoms. The third kappa shape index (κ3) is 3.06. The molecule has 2 aromatic rings. The highest BCUT2D eigenvalue weighted by atomic mass is 16.5. The van der Waals surface area contributed by atoms with Crippen LogP contribution in [0.4, 0.5) is 5.69 Å². The zero-order valence-electron chi connectivity index (χ0n) is 11.6. The summed E-state index contributed by atoms with van der Waals surface area (Å²) >= 11 is 0. The van der Waals surface area contributed by atoms with Gasteiger partial charge in [-0.3, -0.25) is 4.79 Å². The first-order chi connectivity index (χ1) is 10.3. The Bertz CT molecular complexity index is 598. The van der Waals surface area contributed by atoms with Gasteiger partial charge in [-0.25, -0.2) is 4.68 Å². The van der Waals surface area contributed by atoms with E-state index < -0.39 is 0 Å². The Hall–Kier alpha value is -2.32. The van der Waals surface area contributed by atoms with Crippen LogP contribution in [-0.2, 0) is 9.53 Å². The first-order valence-electron chi connectivity index (χ1n) is 6.67. The van der Waals surface area contributed by atoms with Crippen LogP contribution < -0.4 is 10.6 Å². The maximum absolute atomic E-state index is 12.1. The molecule has 2 atom stereocenters. The minimum Gasteiger partial charge on any atom is -0.380 e. The van der Waals surface area contributed by atoms with Crippen LogP contribution in [0.15, 0.2) is 30.6 Å². The van der Waals surface area contributed by atoms with Crippen LogP contribution in [0, 0.1) is 0 Å². The number of nitrogens with one attached hydrogen (secondary N) is 2. The smallest absolute Gasteiger partial charge is 0.241 e. The monoisotopic (exact) mass is 288 g/mol. The number of hydrogen-bond acceptors (Lipinski definition) is 6. The molecule has 1 saturated heterocycles. The van der Waals surface area contributed by atoms with Crippen LogP contribution in [0.3, 0.4) is 0 Å². The van der Waals surface area contributed by atoms with Gasteiger partial charge in [0.1, 0.15) is 6.33 Å². The predicted octanol–water partition coefficient (Wildman–Crippen LogP) is -0.0223. The van der Waals surface area contributed by atoms with E-state index in [0.717, 1.165) is 11.4 Å². The normalized spacial score (nSPS) is 21.4. The van der Waals surface area contributed by atoms with E-state index in [0.29, 0.717) is 13.0 Å². The second-order valence-electron chi connectivity index (χ2n) is 4.84. The number of benzene rings is 1. The maximum atomic E-state index is 12.1. The van der Waals surface area contributed by atoms with Gasteiger partial charge in [0, 0.05) is 19.3 Å². The quantitative estimate of drug-likeness (QED) is 0.821. The van der Waals surface area contributed by atoms with Crippen molar-refractivity contribution in [2.24, 2.45) is 0 Å². The van der Waals surface area contributed by atoms with Crippen molar-refractivity contribution in [3.8, 4) is 5.69 Å². The number of tetrazole rings is 1. The Kier molecular flexibility index (Phi) is 3.89. The summed E-state index contributed by atoms with van der Waals surface area (Å²) in [5, 5.41) is 17.0. The van der Waals surface area contributed by atoms with Crippen molar-refractivity contribution in [1.29, 1.82) is 0 Å². The Morgan fingerprint density at radius 1 is 1.43 bits per heavy atom. The fourth-order valence-corrected chi connectivity index (χ4v) is 2.29. The lowest BCUT2D eigenvalue weighted by molar-refractivity contribution is -0.118. The Balaban J connectivity index is 1.62. The highest BCUT2D eigenvalue weighted by Crippen LogP contribution is 2.15. The maximum Gasteiger partial charge on any atom is 0.241 e. The highest BCUT2D eigenvalue weighted by Gasteiger charge is 2.29. The molecule has 0 spiro atoms. The molecule has 1 fully saturated rings. The van der Waals surface area contributed by atoms with E-state index in [4.69, 9.17) is 4.74 Å². The Morgan fingerprint density at radius 2 is 2.24 bits per heavy atom. The zero-order valence-corrected chi connectivity index (χ0v) is 11.6. The molecule has 21 heavy (non-hydrogen) atoms. The van der Waals surface area contributed by atoms with Crippen molar-refractivity contribution in [3.05, 3.63) is 30.6 Å². The number of rotatable bonds is 4. The number of hydrogen-bond donors (Lipinski definition) is 2. The van der Waals surface area contributed by atoms with E-state index in [-0.39, 0.29) is 18.1 Å². The van der Waals surface area contributed by atoms with Crippen molar-refractivity contribution < 1.29 is 9.53 Å². The average Bonchev–Trinajstić information content (AvgIpc) is 3.19. The first-order valence-corrected chi connectivity index (χ1v) is 6.67. The van der Waals surface area contributed by atoms with E-state index in [1.54, 1.807) is 11.8 Å². The molecule has 2 heterocycles. The molecule has 1 aliphatic rings. The van der Waals surface area contributed by atoms with E-state index in [1.807, 2.05) is 24.3 Å². The number of methoxy groups -OCH3 is 1. The Labute approximate surface area is 121 Å². The number of carbonyl (C=O) groups is 1. The van der Waals surface area contributed by atoms with E-state index in [2.05, 4.69) is 26.2 Å². The van der Waals surface area contributed by atoms with Crippen molar-refractivity contribution >= 4 is 11.6 Å². The number of ether oxygens (including phenoxy) is 1. The molecule has 2 unspecified atom stereocenters. The SMILES string of the molecule is COC1CNC(C(=O)Nc2ccc(-n3cnnn3)cc2)C1. The molecule has 1 aliphatic heterocycles. The standard InChI is InChI=1S/C13H16N6O2/c1-21-11-6-12(14-7-11)13(20)16-9-2-4-10(5-3-9)19-8-15-17-18-19/h2-5,8,11-12,14H,6-7H2,1H3,(H,16,20). The first kappa shape index (κ1) is 13.7. The molecule has 110 valence electrons. The number of amides is 1. The second kappa shape index (κ2) is 5.98. The van der Waals surface area contributed by atoms with Gasteiger partial charge in [0.2, 0.25) is 5.91 Å². The van der Waals surface area contributed by atoms with Gasteiger partial charge >= 0.3 is 0 Å². The van der Waals surface area contributed by atoms with Crippen LogP contribution >= 0.6 is 0 Å². The number of aromatic nitrogens is 4. The van der Waals surface area contributed by atoms with Crippen molar-refractivity contribution in [2.75, 3.05) is 19.0 Å². The van der Waals surface area contributed by atoms with Gasteiger partial charge < -0.3 is 15.4 Å². The second-order valence-corrected chi connectivity index (χ2v) is 4.84. The van der Waals surface area contributed by atoms with Gasteiger partial charge in [0.15, 0.2) is 0 Å². The van der Waals surface area contributed by atoms with E-state index in [9.17, 15) is 4.79 Å². The minimum atomic E-state index is -0.214. The largest absolute Gasteiger partial charge is 0.380 e. The molecule has 0 aliphatic carbocycles. The summed E-state index contributed by atoms with van der Waals surface area (Å²) in [5.41, 5.74) is 1.57.